The lowest BCUT2D eigenvalue weighted by Crippen LogP contribution is -2.10. The van der Waals surface area contributed by atoms with Crippen molar-refractivity contribution in [2.24, 2.45) is 0 Å². The van der Waals surface area contributed by atoms with Gasteiger partial charge in [-0.05, 0) is 37.3 Å². The number of hydrogen-bond donors (Lipinski definition) is 2. The number of aryl methyl sites for hydroxylation is 1. The van der Waals surface area contributed by atoms with E-state index >= 15 is 0 Å². The summed E-state index contributed by atoms with van der Waals surface area (Å²) in [5.41, 5.74) is 8.42. The van der Waals surface area contributed by atoms with E-state index in [1.807, 2.05) is 19.1 Å². The summed E-state index contributed by atoms with van der Waals surface area (Å²) in [6.45, 7) is 2.05. The Morgan fingerprint density at radius 3 is 2.70 bits per heavy atom. The van der Waals surface area contributed by atoms with Crippen molar-refractivity contribution in [2.75, 3.05) is 12.8 Å². The van der Waals surface area contributed by atoms with Crippen molar-refractivity contribution >= 4 is 22.9 Å². The summed E-state index contributed by atoms with van der Waals surface area (Å²) in [7, 11) is 1.54. The van der Waals surface area contributed by atoms with Gasteiger partial charge in [0.1, 0.15) is 5.82 Å². The number of nitrogens with zero attached hydrogens (tertiary/aromatic N) is 2. The number of pyridine rings is 2. The van der Waals surface area contributed by atoms with E-state index in [0.29, 0.717) is 22.8 Å². The van der Waals surface area contributed by atoms with Crippen molar-refractivity contribution < 1.29 is 4.74 Å². The number of anilines is 1. The molecule has 0 radical (unpaired) electrons. The van der Waals surface area contributed by atoms with Gasteiger partial charge in [0.05, 0.1) is 23.9 Å². The lowest BCUT2D eigenvalue weighted by Gasteiger charge is -2.13. The minimum atomic E-state index is 0.251. The number of ether oxygens (including phenoxy) is 1. The van der Waals surface area contributed by atoms with Gasteiger partial charge in [-0.3, -0.25) is 5.41 Å². The molecule has 3 rings (SSSR count). The molecule has 0 atom stereocenters. The zero-order valence-corrected chi connectivity index (χ0v) is 13.6. The van der Waals surface area contributed by atoms with E-state index in [2.05, 4.69) is 16.0 Å². The van der Waals surface area contributed by atoms with E-state index in [-0.39, 0.29) is 5.71 Å². The maximum absolute atomic E-state index is 8.62. The third-order valence-corrected chi connectivity index (χ3v) is 4.50. The highest BCUT2D eigenvalue weighted by Crippen LogP contribution is 2.34. The molecule has 6 heteroatoms. The normalized spacial score (nSPS) is 10.5. The van der Waals surface area contributed by atoms with E-state index in [9.17, 15) is 0 Å². The highest BCUT2D eigenvalue weighted by atomic mass is 32.1. The third-order valence-electron chi connectivity index (χ3n) is 3.47. The van der Waals surface area contributed by atoms with Gasteiger partial charge >= 0.3 is 0 Å². The molecule has 0 aliphatic rings. The fourth-order valence-electron chi connectivity index (χ4n) is 2.40. The number of methoxy groups -OCH3 is 1. The van der Waals surface area contributed by atoms with Crippen molar-refractivity contribution in [3.63, 3.8) is 0 Å². The Morgan fingerprint density at radius 1 is 1.17 bits per heavy atom. The van der Waals surface area contributed by atoms with Crippen molar-refractivity contribution in [2.45, 2.75) is 6.92 Å². The summed E-state index contributed by atoms with van der Waals surface area (Å²) in [5, 5.41) is 8.62. The molecular weight excluding hydrogens is 308 g/mol. The van der Waals surface area contributed by atoms with E-state index in [1.54, 1.807) is 35.9 Å². The molecule has 116 valence electrons. The molecular formula is C17H16N4OS. The second-order valence-electron chi connectivity index (χ2n) is 4.96. The van der Waals surface area contributed by atoms with Gasteiger partial charge in [0.15, 0.2) is 0 Å². The smallest absolute Gasteiger partial charge is 0.222 e. The van der Waals surface area contributed by atoms with Crippen LogP contribution < -0.4 is 10.5 Å². The van der Waals surface area contributed by atoms with Crippen molar-refractivity contribution in [3.05, 3.63) is 58.7 Å². The summed E-state index contributed by atoms with van der Waals surface area (Å²) >= 11 is 1.66. The van der Waals surface area contributed by atoms with Crippen LogP contribution >= 0.6 is 11.3 Å². The molecule has 0 amide bonds. The van der Waals surface area contributed by atoms with Crippen LogP contribution in [0.3, 0.4) is 0 Å². The van der Waals surface area contributed by atoms with Gasteiger partial charge in [-0.2, -0.15) is 0 Å². The number of rotatable bonds is 4. The minimum Gasteiger partial charge on any atom is -0.481 e. The molecule has 3 aromatic rings. The van der Waals surface area contributed by atoms with Crippen LogP contribution in [0.15, 0.2) is 42.7 Å². The lowest BCUT2D eigenvalue weighted by molar-refractivity contribution is 0.397. The van der Waals surface area contributed by atoms with Crippen LogP contribution in [-0.2, 0) is 0 Å². The van der Waals surface area contributed by atoms with E-state index in [1.165, 1.54) is 12.0 Å². The predicted molar refractivity (Wildman–Crippen MR) is 93.4 cm³/mol. The van der Waals surface area contributed by atoms with Gasteiger partial charge in [-0.1, -0.05) is 0 Å². The molecule has 0 unspecified atom stereocenters. The Kier molecular flexibility index (Phi) is 4.08. The fraction of sp³-hybridized carbons (Fsp3) is 0.118. The van der Waals surface area contributed by atoms with Crippen LogP contribution in [0.5, 0.6) is 5.88 Å². The van der Waals surface area contributed by atoms with Crippen LogP contribution in [-0.4, -0.2) is 22.8 Å². The van der Waals surface area contributed by atoms with Gasteiger partial charge in [0.2, 0.25) is 5.88 Å². The molecule has 0 aromatic carbocycles. The number of nitrogens with one attached hydrogen (secondary N) is 1. The average Bonchev–Trinajstić information content (AvgIpc) is 3.00. The first-order chi connectivity index (χ1) is 11.1. The zero-order valence-electron chi connectivity index (χ0n) is 12.8. The molecule has 5 nitrogen and oxygen atoms in total. The van der Waals surface area contributed by atoms with E-state index < -0.39 is 0 Å². The Hall–Kier alpha value is -2.73. The highest BCUT2D eigenvalue weighted by molar-refractivity contribution is 7.15. The molecule has 23 heavy (non-hydrogen) atoms. The first-order valence-electron chi connectivity index (χ1n) is 7.01. The van der Waals surface area contributed by atoms with Crippen LogP contribution in [0, 0.1) is 12.3 Å². The number of thiophene rings is 1. The monoisotopic (exact) mass is 324 g/mol. The molecule has 0 saturated carbocycles. The van der Waals surface area contributed by atoms with Crippen molar-refractivity contribution in [3.8, 4) is 16.3 Å². The summed E-state index contributed by atoms with van der Waals surface area (Å²) < 4.78 is 5.27. The molecule has 3 N–H and O–H groups in total. The summed E-state index contributed by atoms with van der Waals surface area (Å²) in [5.74, 6) is 0.721. The van der Waals surface area contributed by atoms with Gasteiger partial charge in [0.25, 0.3) is 0 Å². The number of hydrogen-bond acceptors (Lipinski definition) is 6. The summed E-state index contributed by atoms with van der Waals surface area (Å²) in [6, 6.07) is 9.53. The fourth-order valence-corrected chi connectivity index (χ4v) is 3.30. The minimum absolute atomic E-state index is 0.251. The lowest BCUT2D eigenvalue weighted by atomic mass is 9.98. The molecule has 0 bridgehead atoms. The first-order valence-corrected chi connectivity index (χ1v) is 7.83. The topological polar surface area (TPSA) is 84.9 Å². The maximum Gasteiger partial charge on any atom is 0.222 e. The van der Waals surface area contributed by atoms with Crippen molar-refractivity contribution in [1.82, 2.24) is 9.97 Å². The Balaban J connectivity index is 2.18. The SMILES string of the molecule is COc1ncccc1C(=N)c1c(-c2ccc(C)s2)ccnc1N. The third kappa shape index (κ3) is 2.80. The maximum atomic E-state index is 8.62. The molecule has 0 spiro atoms. The molecule has 0 aliphatic heterocycles. The second kappa shape index (κ2) is 6.18. The van der Waals surface area contributed by atoms with Crippen molar-refractivity contribution in [1.29, 1.82) is 5.41 Å². The molecule has 3 aromatic heterocycles. The number of nitrogens with two attached hydrogens (primary N) is 1. The number of nitrogen functional groups attached to an aromatic ring is 1. The van der Waals surface area contributed by atoms with Crippen LogP contribution in [0.1, 0.15) is 16.0 Å². The largest absolute Gasteiger partial charge is 0.481 e. The van der Waals surface area contributed by atoms with Crippen LogP contribution in [0.4, 0.5) is 5.82 Å². The summed E-state index contributed by atoms with van der Waals surface area (Å²) in [4.78, 5) is 10.6. The van der Waals surface area contributed by atoms with E-state index in [0.717, 1.165) is 10.4 Å². The zero-order chi connectivity index (χ0) is 16.4. The number of aromatic nitrogens is 2. The van der Waals surface area contributed by atoms with Crippen LogP contribution in [0.25, 0.3) is 10.4 Å². The van der Waals surface area contributed by atoms with Crippen LogP contribution in [0.2, 0.25) is 0 Å². The van der Waals surface area contributed by atoms with Gasteiger partial charge in [-0.15, -0.1) is 11.3 Å². The molecule has 0 fully saturated rings. The molecule has 3 heterocycles. The predicted octanol–water partition coefficient (Wildman–Crippen LogP) is 3.52. The Bertz CT molecular complexity index is 873. The van der Waals surface area contributed by atoms with E-state index in [4.69, 9.17) is 15.9 Å². The molecule has 0 aliphatic carbocycles. The Labute approximate surface area is 138 Å². The quantitative estimate of drug-likeness (QED) is 0.719. The highest BCUT2D eigenvalue weighted by Gasteiger charge is 2.19. The summed E-state index contributed by atoms with van der Waals surface area (Å²) in [6.07, 6.45) is 3.29. The van der Waals surface area contributed by atoms with Gasteiger partial charge in [0, 0.05) is 27.7 Å². The molecule has 0 saturated heterocycles. The second-order valence-corrected chi connectivity index (χ2v) is 6.25. The van der Waals surface area contributed by atoms with Gasteiger partial charge < -0.3 is 10.5 Å². The average molecular weight is 324 g/mol. The Morgan fingerprint density at radius 2 is 2.00 bits per heavy atom. The van der Waals surface area contributed by atoms with Gasteiger partial charge in [-0.25, -0.2) is 9.97 Å². The standard InChI is InChI=1S/C17H16N4OS/c1-10-5-6-13(23-10)11-7-9-20-16(19)14(11)15(18)12-4-3-8-21-17(12)22-2/h3-9,18H,1-2H3,(H2,19,20). The first kappa shape index (κ1) is 15.2.